The van der Waals surface area contributed by atoms with Crippen molar-refractivity contribution in [2.24, 2.45) is 10.7 Å². The van der Waals surface area contributed by atoms with Crippen molar-refractivity contribution < 1.29 is 9.84 Å². The fourth-order valence-corrected chi connectivity index (χ4v) is 1.90. The van der Waals surface area contributed by atoms with Crippen LogP contribution in [-0.4, -0.2) is 30.3 Å². The van der Waals surface area contributed by atoms with Gasteiger partial charge in [0, 0.05) is 0 Å². The maximum Gasteiger partial charge on any atom is 0.193 e. The van der Waals surface area contributed by atoms with E-state index in [4.69, 9.17) is 10.5 Å². The number of aliphatic imine (C=N–C) groups is 1. The van der Waals surface area contributed by atoms with Gasteiger partial charge >= 0.3 is 0 Å². The third-order valence-corrected chi connectivity index (χ3v) is 3.20. The lowest BCUT2D eigenvalue weighted by Crippen LogP contribution is -2.41. The molecular weight excluding hydrogens is 357 g/mol. The number of ether oxygens (including phenoxy) is 1. The van der Waals surface area contributed by atoms with Crippen LogP contribution in [0.25, 0.3) is 0 Å². The van der Waals surface area contributed by atoms with Crippen LogP contribution >= 0.6 is 24.0 Å². The number of para-hydroxylation sites is 2. The topological polar surface area (TPSA) is 79.9 Å². The van der Waals surface area contributed by atoms with Crippen molar-refractivity contribution in [2.45, 2.75) is 24.9 Å². The summed E-state index contributed by atoms with van der Waals surface area (Å²) in [7, 11) is 1.60. The van der Waals surface area contributed by atoms with Crippen molar-refractivity contribution in [3.63, 3.8) is 0 Å². The minimum absolute atomic E-state index is 0. The molecule has 1 saturated carbocycles. The second kappa shape index (κ2) is 6.95. The number of aliphatic hydroxyl groups is 1. The average molecular weight is 377 g/mol. The highest BCUT2D eigenvalue weighted by Gasteiger charge is 2.33. The average Bonchev–Trinajstić information content (AvgIpc) is 2.35. The quantitative estimate of drug-likeness (QED) is 0.426. The molecule has 106 valence electrons. The number of nitrogens with two attached hydrogens (primary N) is 1. The molecule has 19 heavy (non-hydrogen) atoms. The summed E-state index contributed by atoms with van der Waals surface area (Å²) >= 11 is 0. The van der Waals surface area contributed by atoms with Gasteiger partial charge in [-0.25, -0.2) is 0 Å². The first kappa shape index (κ1) is 16.0. The van der Waals surface area contributed by atoms with Gasteiger partial charge in [-0.05, 0) is 31.4 Å². The number of anilines is 1. The van der Waals surface area contributed by atoms with E-state index >= 15 is 0 Å². The Labute approximate surface area is 130 Å². The Morgan fingerprint density at radius 3 is 2.74 bits per heavy atom. The molecule has 0 amide bonds. The van der Waals surface area contributed by atoms with Crippen LogP contribution in [0.4, 0.5) is 5.69 Å². The number of hydrogen-bond acceptors (Lipinski definition) is 3. The molecule has 5 nitrogen and oxygen atoms in total. The van der Waals surface area contributed by atoms with Crippen molar-refractivity contribution >= 4 is 35.6 Å². The molecule has 2 rings (SSSR count). The number of guanidine groups is 1. The fraction of sp³-hybridized carbons (Fsp3) is 0.462. The molecule has 6 heteroatoms. The highest BCUT2D eigenvalue weighted by molar-refractivity contribution is 14.0. The van der Waals surface area contributed by atoms with E-state index in [9.17, 15) is 5.11 Å². The van der Waals surface area contributed by atoms with Crippen LogP contribution in [0, 0.1) is 0 Å². The van der Waals surface area contributed by atoms with Crippen molar-refractivity contribution in [3.05, 3.63) is 24.3 Å². The van der Waals surface area contributed by atoms with Crippen molar-refractivity contribution in [2.75, 3.05) is 19.0 Å². The molecule has 1 aromatic rings. The van der Waals surface area contributed by atoms with Crippen molar-refractivity contribution in [1.29, 1.82) is 0 Å². The molecule has 0 saturated heterocycles. The highest BCUT2D eigenvalue weighted by Crippen LogP contribution is 2.31. The van der Waals surface area contributed by atoms with Crippen molar-refractivity contribution in [1.82, 2.24) is 0 Å². The van der Waals surface area contributed by atoms with Gasteiger partial charge in [-0.1, -0.05) is 12.1 Å². The molecule has 0 radical (unpaired) electrons. The second-order valence-electron chi connectivity index (χ2n) is 4.60. The lowest BCUT2D eigenvalue weighted by molar-refractivity contribution is -0.0235. The maximum atomic E-state index is 9.91. The molecule has 4 N–H and O–H groups in total. The van der Waals surface area contributed by atoms with E-state index in [-0.39, 0.29) is 24.0 Å². The Balaban J connectivity index is 0.00000180. The van der Waals surface area contributed by atoms with Gasteiger partial charge in [-0.3, -0.25) is 4.99 Å². The third kappa shape index (κ3) is 4.24. The Morgan fingerprint density at radius 2 is 2.16 bits per heavy atom. The Kier molecular flexibility index (Phi) is 5.86. The molecule has 0 heterocycles. The maximum absolute atomic E-state index is 9.91. The first-order valence-corrected chi connectivity index (χ1v) is 6.05. The van der Waals surface area contributed by atoms with E-state index in [2.05, 4.69) is 10.3 Å². The van der Waals surface area contributed by atoms with Gasteiger partial charge in [0.25, 0.3) is 0 Å². The number of nitrogens with zero attached hydrogens (tertiary/aromatic N) is 1. The summed E-state index contributed by atoms with van der Waals surface area (Å²) in [4.78, 5) is 4.17. The molecule has 1 aliphatic carbocycles. The SMILES string of the molecule is COc1ccccc1NC(N)=NCC1(O)CCC1.I. The third-order valence-electron chi connectivity index (χ3n) is 3.20. The first-order chi connectivity index (χ1) is 8.63. The largest absolute Gasteiger partial charge is 0.495 e. The molecular formula is C13H20IN3O2. The van der Waals surface area contributed by atoms with E-state index in [1.54, 1.807) is 7.11 Å². The minimum atomic E-state index is -0.646. The minimum Gasteiger partial charge on any atom is -0.495 e. The van der Waals surface area contributed by atoms with Crippen molar-refractivity contribution in [3.8, 4) is 5.75 Å². The zero-order chi connectivity index (χ0) is 13.0. The first-order valence-electron chi connectivity index (χ1n) is 6.05. The van der Waals surface area contributed by atoms with Crippen LogP contribution in [0.15, 0.2) is 29.3 Å². The normalized spacial score (nSPS) is 17.1. The molecule has 0 spiro atoms. The summed E-state index contributed by atoms with van der Waals surface area (Å²) < 4.78 is 5.20. The van der Waals surface area contributed by atoms with Crippen LogP contribution in [0.5, 0.6) is 5.75 Å². The van der Waals surface area contributed by atoms with Gasteiger partial charge in [0.1, 0.15) is 5.75 Å². The van der Waals surface area contributed by atoms with Gasteiger partial charge in [0.15, 0.2) is 5.96 Å². The molecule has 0 bridgehead atoms. The van der Waals surface area contributed by atoms with Crippen LogP contribution < -0.4 is 15.8 Å². The molecule has 1 fully saturated rings. The second-order valence-corrected chi connectivity index (χ2v) is 4.60. The van der Waals surface area contributed by atoms with Crippen LogP contribution in [0.3, 0.4) is 0 Å². The Morgan fingerprint density at radius 1 is 1.47 bits per heavy atom. The summed E-state index contributed by atoms with van der Waals surface area (Å²) in [5, 5.41) is 12.9. The van der Waals surface area contributed by atoms with E-state index < -0.39 is 5.60 Å². The summed E-state index contributed by atoms with van der Waals surface area (Å²) in [6.07, 6.45) is 2.67. The van der Waals surface area contributed by atoms with Gasteiger partial charge in [0.2, 0.25) is 0 Å². The van der Waals surface area contributed by atoms with Gasteiger partial charge in [0.05, 0.1) is 24.9 Å². The molecule has 1 aromatic carbocycles. The number of benzene rings is 1. The number of methoxy groups -OCH3 is 1. The fourth-order valence-electron chi connectivity index (χ4n) is 1.90. The molecule has 0 atom stereocenters. The lowest BCUT2D eigenvalue weighted by atomic mass is 9.80. The van der Waals surface area contributed by atoms with E-state index in [1.165, 1.54) is 0 Å². The zero-order valence-corrected chi connectivity index (χ0v) is 13.3. The van der Waals surface area contributed by atoms with Gasteiger partial charge in [-0.15, -0.1) is 24.0 Å². The zero-order valence-electron chi connectivity index (χ0n) is 10.9. The van der Waals surface area contributed by atoms with E-state index in [1.807, 2.05) is 24.3 Å². The number of hydrogen-bond donors (Lipinski definition) is 3. The predicted octanol–water partition coefficient (Wildman–Crippen LogP) is 1.95. The molecule has 1 aliphatic rings. The standard InChI is InChI=1S/C13H19N3O2.HI/c1-18-11-6-3-2-5-10(11)16-12(14)15-9-13(17)7-4-8-13;/h2-3,5-6,17H,4,7-9H2,1H3,(H3,14,15,16);1H. The molecule has 0 aromatic heterocycles. The number of nitrogens with one attached hydrogen (secondary N) is 1. The summed E-state index contributed by atoms with van der Waals surface area (Å²) in [5.74, 6) is 0.998. The summed E-state index contributed by atoms with van der Waals surface area (Å²) in [6, 6.07) is 7.47. The van der Waals surface area contributed by atoms with Crippen LogP contribution in [0.1, 0.15) is 19.3 Å². The van der Waals surface area contributed by atoms with E-state index in [0.29, 0.717) is 18.3 Å². The smallest absolute Gasteiger partial charge is 0.193 e. The summed E-state index contributed by atoms with van der Waals surface area (Å²) in [5.41, 5.74) is 5.91. The monoisotopic (exact) mass is 377 g/mol. The Bertz CT molecular complexity index is 447. The molecule has 0 unspecified atom stereocenters. The van der Waals surface area contributed by atoms with Gasteiger partial charge < -0.3 is 20.9 Å². The predicted molar refractivity (Wildman–Crippen MR) is 87.3 cm³/mol. The molecule has 0 aliphatic heterocycles. The number of halogens is 1. The van der Waals surface area contributed by atoms with Gasteiger partial charge in [-0.2, -0.15) is 0 Å². The van der Waals surface area contributed by atoms with E-state index in [0.717, 1.165) is 24.9 Å². The Hall–Kier alpha value is -1.02. The van der Waals surface area contributed by atoms with Crippen LogP contribution in [0.2, 0.25) is 0 Å². The number of rotatable bonds is 4. The lowest BCUT2D eigenvalue weighted by Gasteiger charge is -2.34. The van der Waals surface area contributed by atoms with Crippen LogP contribution in [-0.2, 0) is 0 Å². The highest BCUT2D eigenvalue weighted by atomic mass is 127. The summed E-state index contributed by atoms with van der Waals surface area (Å²) in [6.45, 7) is 0.348.